The topological polar surface area (TPSA) is 83.4 Å². The van der Waals surface area contributed by atoms with Crippen LogP contribution in [0.5, 0.6) is 0 Å². The monoisotopic (exact) mass is 642 g/mol. The van der Waals surface area contributed by atoms with Crippen LogP contribution in [0.3, 0.4) is 0 Å². The largest absolute Gasteiger partial charge is 0.341 e. The van der Waals surface area contributed by atoms with Crippen molar-refractivity contribution in [1.82, 2.24) is 15.1 Å². The number of nitrogens with one attached hydrogen (secondary N) is 3. The molecule has 3 aromatic carbocycles. The van der Waals surface area contributed by atoms with Crippen LogP contribution >= 0.6 is 30.0 Å². The van der Waals surface area contributed by atoms with E-state index in [2.05, 4.69) is 52.4 Å². The fraction of sp³-hybridized carbons (Fsp3) is 0.250. The highest BCUT2D eigenvalue weighted by molar-refractivity contribution is 14.2. The van der Waals surface area contributed by atoms with Gasteiger partial charge in [-0.3, -0.25) is 4.90 Å². The number of rotatable bonds is 5. The van der Waals surface area contributed by atoms with Crippen molar-refractivity contribution >= 4 is 56.4 Å². The van der Waals surface area contributed by atoms with Gasteiger partial charge in [-0.1, -0.05) is 48.5 Å². The van der Waals surface area contributed by atoms with Crippen molar-refractivity contribution in [2.45, 2.75) is 19.0 Å². The van der Waals surface area contributed by atoms with Gasteiger partial charge in [0.25, 0.3) is 0 Å². The molecule has 3 N–H and O–H groups in total. The van der Waals surface area contributed by atoms with Crippen molar-refractivity contribution in [1.29, 1.82) is 5.26 Å². The molecular weight excluding hydrogens is 613 g/mol. The van der Waals surface area contributed by atoms with Gasteiger partial charge in [0, 0.05) is 63.6 Å². The standard InChI is InChI=1S/C28H29FIN6OP/c29-23-15-21(9-10-26(23)38)33-28(37)36-14-13-35(17-25(36)19-5-2-1-3-6-19)27(30-18-31)34-24-8-4-7-20-16-32-12-11-22(20)24/h1-10,15,25,32,34H,11-14,16-17,38H2,(H,33,37). The molecule has 5 rings (SSSR count). The van der Waals surface area contributed by atoms with E-state index < -0.39 is 20.7 Å². The molecule has 0 spiro atoms. The van der Waals surface area contributed by atoms with Gasteiger partial charge in [-0.05, 0) is 47.9 Å². The van der Waals surface area contributed by atoms with E-state index in [1.807, 2.05) is 30.3 Å². The smallest absolute Gasteiger partial charge is 0.322 e. The van der Waals surface area contributed by atoms with Gasteiger partial charge >= 0.3 is 6.03 Å². The van der Waals surface area contributed by atoms with Crippen LogP contribution in [-0.2, 0) is 13.0 Å². The molecular formula is C28H29FIN6OP. The maximum absolute atomic E-state index is 14.1. The van der Waals surface area contributed by atoms with Crippen molar-refractivity contribution in [3.05, 3.63) is 89.2 Å². The normalized spacial score (nSPS) is 18.1. The third kappa shape index (κ3) is 6.05. The first-order valence-corrected chi connectivity index (χ1v) is 15.2. The average Bonchev–Trinajstić information content (AvgIpc) is 2.95. The Hall–Kier alpha value is -2.90. The summed E-state index contributed by atoms with van der Waals surface area (Å²) in [4.78, 5) is 17.4. The van der Waals surface area contributed by atoms with Crippen LogP contribution in [0.1, 0.15) is 22.7 Å². The zero-order chi connectivity index (χ0) is 26.5. The minimum Gasteiger partial charge on any atom is -0.341 e. The Morgan fingerprint density at radius 1 is 1.11 bits per heavy atom. The molecule has 3 aromatic rings. The molecule has 2 atom stereocenters. The molecule has 38 heavy (non-hydrogen) atoms. The second-order valence-corrected chi connectivity index (χ2v) is 11.9. The van der Waals surface area contributed by atoms with Crippen molar-refractivity contribution in [2.24, 2.45) is 0 Å². The van der Waals surface area contributed by atoms with E-state index >= 15 is 0 Å². The van der Waals surface area contributed by atoms with Gasteiger partial charge in [-0.25, -0.2) is 9.18 Å². The average molecular weight is 642 g/mol. The Morgan fingerprint density at radius 2 is 1.95 bits per heavy atom. The maximum atomic E-state index is 14.1. The third-order valence-electron chi connectivity index (χ3n) is 6.86. The van der Waals surface area contributed by atoms with Gasteiger partial charge in [0.05, 0.1) is 6.04 Å². The molecule has 1 fully saturated rings. The van der Waals surface area contributed by atoms with E-state index in [1.165, 1.54) is 17.2 Å². The Bertz CT molecular complexity index is 1400. The number of piperazine rings is 1. The van der Waals surface area contributed by atoms with Crippen molar-refractivity contribution in [2.75, 3.05) is 36.8 Å². The summed E-state index contributed by atoms with van der Waals surface area (Å²) >= 11 is -0.912. The highest BCUT2D eigenvalue weighted by Crippen LogP contribution is 2.29. The number of hydrogen-bond donors (Lipinski definition) is 3. The lowest BCUT2D eigenvalue weighted by atomic mass is 9.99. The lowest BCUT2D eigenvalue weighted by Crippen LogP contribution is -2.54. The SMILES string of the molecule is N#CI=C(Nc1cccc2c1CCNC2)N1CCN(C(=O)Nc2ccc(P)c(F)c2)C(c2ccccc2)C1. The quantitative estimate of drug-likeness (QED) is 0.282. The number of fused-ring (bicyclic) bond motifs is 1. The highest BCUT2D eigenvalue weighted by Gasteiger charge is 2.33. The molecule has 10 heteroatoms. The number of hydrogen-bond acceptors (Lipinski definition) is 5. The summed E-state index contributed by atoms with van der Waals surface area (Å²) in [5.74, 6) is -0.387. The molecule has 2 aliphatic heterocycles. The minimum atomic E-state index is -0.912. The lowest BCUT2D eigenvalue weighted by Gasteiger charge is -2.42. The number of benzene rings is 3. The van der Waals surface area contributed by atoms with Gasteiger partial charge < -0.3 is 20.9 Å². The zero-order valence-corrected chi connectivity index (χ0v) is 24.1. The van der Waals surface area contributed by atoms with Crippen LogP contribution in [0.4, 0.5) is 20.6 Å². The van der Waals surface area contributed by atoms with Crippen LogP contribution in [0, 0.1) is 15.2 Å². The molecule has 2 amide bonds. The Labute approximate surface area is 234 Å². The van der Waals surface area contributed by atoms with Crippen LogP contribution in [-0.4, -0.2) is 45.8 Å². The van der Waals surface area contributed by atoms with Crippen LogP contribution < -0.4 is 21.3 Å². The summed E-state index contributed by atoms with van der Waals surface area (Å²) in [6.45, 7) is 3.39. The van der Waals surface area contributed by atoms with Gasteiger partial charge in [-0.2, -0.15) is 5.26 Å². The first-order valence-electron chi connectivity index (χ1n) is 12.4. The van der Waals surface area contributed by atoms with Gasteiger partial charge in [0.15, 0.2) is 0 Å². The first kappa shape index (κ1) is 26.7. The van der Waals surface area contributed by atoms with E-state index in [1.54, 1.807) is 17.0 Å². The van der Waals surface area contributed by atoms with Crippen molar-refractivity contribution in [3.8, 4) is 4.08 Å². The van der Waals surface area contributed by atoms with E-state index in [9.17, 15) is 14.4 Å². The number of carbonyl (C=O) groups is 1. The molecule has 2 unspecified atom stereocenters. The van der Waals surface area contributed by atoms with Gasteiger partial charge in [-0.15, -0.1) is 9.24 Å². The van der Waals surface area contributed by atoms with E-state index in [0.29, 0.717) is 30.6 Å². The van der Waals surface area contributed by atoms with Crippen LogP contribution in [0.15, 0.2) is 66.7 Å². The molecule has 0 aliphatic carbocycles. The van der Waals surface area contributed by atoms with Crippen molar-refractivity contribution in [3.63, 3.8) is 0 Å². The summed E-state index contributed by atoms with van der Waals surface area (Å²) in [6, 6.07) is 20.3. The number of carbonyl (C=O) groups excluding carboxylic acids is 1. The third-order valence-corrected chi connectivity index (χ3v) is 9.04. The first-order chi connectivity index (χ1) is 18.5. The molecule has 196 valence electrons. The second-order valence-electron chi connectivity index (χ2n) is 9.20. The number of anilines is 2. The number of halogens is 2. The predicted molar refractivity (Wildman–Crippen MR) is 162 cm³/mol. The minimum absolute atomic E-state index is 0.232. The van der Waals surface area contributed by atoms with Crippen LogP contribution in [0.25, 0.3) is 0 Å². The summed E-state index contributed by atoms with van der Waals surface area (Å²) in [5, 5.41) is 20.1. The zero-order valence-electron chi connectivity index (χ0n) is 20.8. The molecule has 1 saturated heterocycles. The summed E-state index contributed by atoms with van der Waals surface area (Å²) in [6.07, 6.45) is 0.940. The van der Waals surface area contributed by atoms with Crippen molar-refractivity contribution < 1.29 is 9.18 Å². The van der Waals surface area contributed by atoms with E-state index in [4.69, 9.17) is 0 Å². The number of urea groups is 1. The Kier molecular flexibility index (Phi) is 8.65. The molecule has 0 bridgehead atoms. The summed E-state index contributed by atoms with van der Waals surface area (Å²) < 4.78 is 17.4. The molecule has 2 aliphatic rings. The Balaban J connectivity index is 1.39. The predicted octanol–water partition coefficient (Wildman–Crippen LogP) is 4.51. The fourth-order valence-electron chi connectivity index (χ4n) is 4.93. The second kappa shape index (κ2) is 12.3. The number of amides is 2. The van der Waals surface area contributed by atoms with E-state index in [0.717, 1.165) is 34.5 Å². The molecule has 0 aromatic heterocycles. The van der Waals surface area contributed by atoms with Gasteiger partial charge in [0.2, 0.25) is 0 Å². The maximum Gasteiger partial charge on any atom is 0.322 e. The highest BCUT2D eigenvalue weighted by atomic mass is 127. The number of nitrogens with zero attached hydrogens (tertiary/aromatic N) is 3. The summed E-state index contributed by atoms with van der Waals surface area (Å²) in [5.41, 5.74) is 5.07. The van der Waals surface area contributed by atoms with Gasteiger partial charge in [0.1, 0.15) is 13.6 Å². The Morgan fingerprint density at radius 3 is 2.74 bits per heavy atom. The molecule has 0 radical (unpaired) electrons. The number of nitriles is 1. The molecule has 2 heterocycles. The lowest BCUT2D eigenvalue weighted by molar-refractivity contribution is 0.138. The fourth-order valence-corrected chi connectivity index (χ4v) is 6.54. The molecule has 7 nitrogen and oxygen atoms in total. The molecule has 0 saturated carbocycles. The van der Waals surface area contributed by atoms with Crippen LogP contribution in [0.2, 0.25) is 0 Å². The summed E-state index contributed by atoms with van der Waals surface area (Å²) in [7, 11) is 2.34. The van der Waals surface area contributed by atoms with E-state index in [-0.39, 0.29) is 17.9 Å².